The van der Waals surface area contributed by atoms with Gasteiger partial charge in [-0.15, -0.1) is 0 Å². The van der Waals surface area contributed by atoms with E-state index in [-0.39, 0.29) is 5.78 Å². The van der Waals surface area contributed by atoms with Crippen molar-refractivity contribution in [2.75, 3.05) is 19.4 Å². The van der Waals surface area contributed by atoms with Gasteiger partial charge in [-0.1, -0.05) is 12.1 Å². The van der Waals surface area contributed by atoms with Crippen molar-refractivity contribution < 1.29 is 14.3 Å². The summed E-state index contributed by atoms with van der Waals surface area (Å²) >= 11 is 0. The fourth-order valence-corrected chi connectivity index (χ4v) is 1.89. The van der Waals surface area contributed by atoms with Crippen molar-refractivity contribution in [2.45, 2.75) is 0 Å². The molecule has 0 spiro atoms. The van der Waals surface area contributed by atoms with E-state index in [1.807, 2.05) is 0 Å². The average molecular weight is 267 g/mol. The molecule has 2 radical (unpaired) electrons. The number of carbonyl (C=O) groups is 1. The standard InChI is InChI=1S/C15H14BNO3/c1-19-13-7-6-11(9-14(13)20-2)15(18)10-4-3-5-12(8-10)17-16/h3-9,17H,1-2H3. The third-order valence-electron chi connectivity index (χ3n) is 2.94. The molecule has 100 valence electrons. The van der Waals surface area contributed by atoms with Crippen LogP contribution in [0.15, 0.2) is 42.5 Å². The molecule has 0 bridgehead atoms. The second kappa shape index (κ2) is 6.15. The van der Waals surface area contributed by atoms with Crippen LogP contribution in [0.25, 0.3) is 0 Å². The first kappa shape index (κ1) is 14.0. The first-order chi connectivity index (χ1) is 9.69. The van der Waals surface area contributed by atoms with Crippen molar-refractivity contribution in [1.82, 2.24) is 0 Å². The van der Waals surface area contributed by atoms with Gasteiger partial charge in [0.2, 0.25) is 7.98 Å². The Hall–Kier alpha value is -2.43. The van der Waals surface area contributed by atoms with E-state index >= 15 is 0 Å². The number of methoxy groups -OCH3 is 2. The lowest BCUT2D eigenvalue weighted by Gasteiger charge is -2.09. The maximum atomic E-state index is 12.4. The van der Waals surface area contributed by atoms with Crippen molar-refractivity contribution in [3.05, 3.63) is 53.6 Å². The molecular weight excluding hydrogens is 253 g/mol. The average Bonchev–Trinajstić information content (AvgIpc) is 2.53. The van der Waals surface area contributed by atoms with Crippen LogP contribution in [0.3, 0.4) is 0 Å². The van der Waals surface area contributed by atoms with Gasteiger partial charge in [0.15, 0.2) is 17.3 Å². The molecule has 20 heavy (non-hydrogen) atoms. The number of benzene rings is 2. The molecule has 0 aliphatic carbocycles. The molecule has 2 aromatic rings. The Kier molecular flexibility index (Phi) is 4.30. The van der Waals surface area contributed by atoms with Gasteiger partial charge in [0.1, 0.15) is 0 Å². The summed E-state index contributed by atoms with van der Waals surface area (Å²) in [7, 11) is 8.43. The zero-order valence-corrected chi connectivity index (χ0v) is 11.3. The largest absolute Gasteiger partial charge is 0.493 e. The zero-order chi connectivity index (χ0) is 14.5. The van der Waals surface area contributed by atoms with Crippen LogP contribution in [0.4, 0.5) is 5.69 Å². The summed E-state index contributed by atoms with van der Waals surface area (Å²) in [6.45, 7) is 0. The molecule has 1 N–H and O–H groups in total. The minimum Gasteiger partial charge on any atom is -0.493 e. The van der Waals surface area contributed by atoms with Crippen LogP contribution in [0.2, 0.25) is 0 Å². The summed E-state index contributed by atoms with van der Waals surface area (Å²) in [5.74, 6) is 0.996. The molecule has 0 aliphatic heterocycles. The van der Waals surface area contributed by atoms with E-state index in [0.717, 1.165) is 0 Å². The fourth-order valence-electron chi connectivity index (χ4n) is 1.89. The van der Waals surface area contributed by atoms with Crippen LogP contribution in [0.5, 0.6) is 11.5 Å². The second-order valence-corrected chi connectivity index (χ2v) is 4.12. The van der Waals surface area contributed by atoms with E-state index < -0.39 is 0 Å². The summed E-state index contributed by atoms with van der Waals surface area (Å²) in [6.07, 6.45) is 0. The lowest BCUT2D eigenvalue weighted by atomic mass is 10.0. The molecule has 4 nitrogen and oxygen atoms in total. The molecular formula is C15H14BNO3. The van der Waals surface area contributed by atoms with Gasteiger partial charge in [-0.05, 0) is 30.3 Å². The van der Waals surface area contributed by atoms with Crippen molar-refractivity contribution in [2.24, 2.45) is 0 Å². The number of ether oxygens (including phenoxy) is 2. The molecule has 0 heterocycles. The first-order valence-corrected chi connectivity index (χ1v) is 6.03. The predicted molar refractivity (Wildman–Crippen MR) is 78.8 cm³/mol. The van der Waals surface area contributed by atoms with E-state index in [1.165, 1.54) is 7.11 Å². The van der Waals surface area contributed by atoms with Crippen LogP contribution in [-0.4, -0.2) is 28.0 Å². The lowest BCUT2D eigenvalue weighted by molar-refractivity contribution is 0.103. The normalized spacial score (nSPS) is 9.90. The number of rotatable bonds is 5. The van der Waals surface area contributed by atoms with Gasteiger partial charge < -0.3 is 14.7 Å². The highest BCUT2D eigenvalue weighted by molar-refractivity contribution is 6.16. The number of hydrogen-bond acceptors (Lipinski definition) is 4. The van der Waals surface area contributed by atoms with E-state index in [9.17, 15) is 4.79 Å². The number of ketones is 1. The Bertz CT molecular complexity index is 628. The van der Waals surface area contributed by atoms with E-state index in [0.29, 0.717) is 28.3 Å². The predicted octanol–water partition coefficient (Wildman–Crippen LogP) is 2.43. The van der Waals surface area contributed by atoms with Crippen molar-refractivity contribution in [3.63, 3.8) is 0 Å². The summed E-state index contributed by atoms with van der Waals surface area (Å²) < 4.78 is 10.3. The summed E-state index contributed by atoms with van der Waals surface area (Å²) in [6, 6.07) is 12.0. The smallest absolute Gasteiger partial charge is 0.222 e. The van der Waals surface area contributed by atoms with E-state index in [2.05, 4.69) is 5.23 Å². The van der Waals surface area contributed by atoms with Gasteiger partial charge in [-0.3, -0.25) is 4.79 Å². The Balaban J connectivity index is 2.37. The Morgan fingerprint density at radius 2 is 1.70 bits per heavy atom. The van der Waals surface area contributed by atoms with Gasteiger partial charge in [0.05, 0.1) is 14.2 Å². The molecule has 5 heteroatoms. The maximum absolute atomic E-state index is 12.4. The Morgan fingerprint density at radius 3 is 2.35 bits per heavy atom. The second-order valence-electron chi connectivity index (χ2n) is 4.12. The summed E-state index contributed by atoms with van der Waals surface area (Å²) in [4.78, 5) is 12.4. The number of carbonyl (C=O) groups excluding carboxylic acids is 1. The number of anilines is 1. The van der Waals surface area contributed by atoms with Crippen LogP contribution in [-0.2, 0) is 0 Å². The minimum absolute atomic E-state index is 0.108. The minimum atomic E-state index is -0.108. The van der Waals surface area contributed by atoms with Gasteiger partial charge in [0.25, 0.3) is 0 Å². The quantitative estimate of drug-likeness (QED) is 0.667. The molecule has 0 saturated carbocycles. The van der Waals surface area contributed by atoms with Gasteiger partial charge in [-0.2, -0.15) is 0 Å². The van der Waals surface area contributed by atoms with Crippen LogP contribution >= 0.6 is 0 Å². The van der Waals surface area contributed by atoms with Crippen molar-refractivity contribution in [1.29, 1.82) is 0 Å². The van der Waals surface area contributed by atoms with Gasteiger partial charge >= 0.3 is 0 Å². The van der Waals surface area contributed by atoms with Crippen molar-refractivity contribution in [3.8, 4) is 11.5 Å². The third-order valence-corrected chi connectivity index (χ3v) is 2.94. The highest BCUT2D eigenvalue weighted by Crippen LogP contribution is 2.28. The van der Waals surface area contributed by atoms with Crippen LogP contribution in [0.1, 0.15) is 15.9 Å². The SMILES string of the molecule is [B]Nc1cccc(C(=O)c2ccc(OC)c(OC)c2)c1. The molecule has 0 amide bonds. The molecule has 0 aromatic heterocycles. The Morgan fingerprint density at radius 1 is 1.00 bits per heavy atom. The zero-order valence-electron chi connectivity index (χ0n) is 11.3. The summed E-state index contributed by atoms with van der Waals surface area (Å²) in [5.41, 5.74) is 1.75. The number of nitrogens with one attached hydrogen (secondary N) is 1. The molecule has 0 unspecified atom stereocenters. The molecule has 2 rings (SSSR count). The van der Waals surface area contributed by atoms with E-state index in [1.54, 1.807) is 49.6 Å². The fraction of sp³-hybridized carbons (Fsp3) is 0.133. The Labute approximate surface area is 119 Å². The first-order valence-electron chi connectivity index (χ1n) is 6.03. The van der Waals surface area contributed by atoms with Crippen LogP contribution < -0.4 is 14.7 Å². The molecule has 2 aromatic carbocycles. The van der Waals surface area contributed by atoms with Gasteiger partial charge in [-0.25, -0.2) is 0 Å². The molecule has 0 aliphatic rings. The van der Waals surface area contributed by atoms with Gasteiger partial charge in [0, 0.05) is 16.8 Å². The van der Waals surface area contributed by atoms with Crippen molar-refractivity contribution >= 4 is 19.5 Å². The third kappa shape index (κ3) is 2.77. The monoisotopic (exact) mass is 267 g/mol. The van der Waals surface area contributed by atoms with Crippen LogP contribution in [0, 0.1) is 0 Å². The molecule has 0 saturated heterocycles. The lowest BCUT2D eigenvalue weighted by Crippen LogP contribution is -2.03. The number of hydrogen-bond donors (Lipinski definition) is 1. The van der Waals surface area contributed by atoms with E-state index in [4.69, 9.17) is 17.5 Å². The molecule has 0 fully saturated rings. The highest BCUT2D eigenvalue weighted by Gasteiger charge is 2.13. The maximum Gasteiger partial charge on any atom is 0.222 e. The highest BCUT2D eigenvalue weighted by atomic mass is 16.5. The molecule has 0 atom stereocenters. The summed E-state index contributed by atoms with van der Waals surface area (Å²) in [5, 5.41) is 2.52. The topological polar surface area (TPSA) is 47.6 Å².